The van der Waals surface area contributed by atoms with E-state index in [1.54, 1.807) is 0 Å². The monoisotopic (exact) mass is 243 g/mol. The molecule has 0 saturated heterocycles. The van der Waals surface area contributed by atoms with Crippen LogP contribution in [0.4, 0.5) is 0 Å². The van der Waals surface area contributed by atoms with Crippen LogP contribution in [0.3, 0.4) is 0 Å². The lowest BCUT2D eigenvalue weighted by Crippen LogP contribution is -2.37. The Hall–Kier alpha value is -1.06. The first-order chi connectivity index (χ1) is 7.92. The third-order valence-corrected chi connectivity index (χ3v) is 3.08. The molecule has 0 aromatic heterocycles. The average Bonchev–Trinajstić information content (AvgIpc) is 2.23. The highest BCUT2D eigenvalue weighted by atomic mass is 16.4. The van der Waals surface area contributed by atoms with Gasteiger partial charge in [0.2, 0.25) is 5.91 Å². The molecule has 1 unspecified atom stereocenters. The minimum atomic E-state index is -0.940. The van der Waals surface area contributed by atoms with Gasteiger partial charge in [-0.15, -0.1) is 0 Å². The second-order valence-corrected chi connectivity index (χ2v) is 4.83. The lowest BCUT2D eigenvalue weighted by atomic mass is 9.89. The first kappa shape index (κ1) is 15.9. The fraction of sp³-hybridized carbons (Fsp3) is 0.846. The van der Waals surface area contributed by atoms with Crippen molar-refractivity contribution in [2.75, 3.05) is 13.1 Å². The van der Waals surface area contributed by atoms with Gasteiger partial charge in [0.15, 0.2) is 0 Å². The van der Waals surface area contributed by atoms with Crippen LogP contribution in [0, 0.1) is 11.8 Å². The van der Waals surface area contributed by atoms with Crippen molar-refractivity contribution in [2.45, 2.75) is 47.0 Å². The van der Waals surface area contributed by atoms with E-state index in [1.807, 2.05) is 6.92 Å². The quantitative estimate of drug-likeness (QED) is 0.712. The van der Waals surface area contributed by atoms with Gasteiger partial charge in [-0.2, -0.15) is 0 Å². The Morgan fingerprint density at radius 3 is 2.18 bits per heavy atom. The Labute approximate surface area is 104 Å². The first-order valence-corrected chi connectivity index (χ1v) is 6.41. The molecule has 0 aliphatic rings. The van der Waals surface area contributed by atoms with E-state index in [1.165, 1.54) is 4.90 Å². The summed E-state index contributed by atoms with van der Waals surface area (Å²) in [7, 11) is 0. The number of rotatable bonds is 8. The standard InChI is InChI=1S/C13H25NO3/c1-5-7-14(9-13(16)17)12(15)8-11(6-2)10(3)4/h10-11H,5-9H2,1-4H3,(H,16,17). The van der Waals surface area contributed by atoms with Crippen molar-refractivity contribution in [2.24, 2.45) is 11.8 Å². The van der Waals surface area contributed by atoms with Crippen LogP contribution < -0.4 is 0 Å². The van der Waals surface area contributed by atoms with Gasteiger partial charge in [-0.05, 0) is 18.3 Å². The summed E-state index contributed by atoms with van der Waals surface area (Å²) >= 11 is 0. The van der Waals surface area contributed by atoms with E-state index in [0.717, 1.165) is 12.8 Å². The highest BCUT2D eigenvalue weighted by Crippen LogP contribution is 2.20. The van der Waals surface area contributed by atoms with Crippen LogP contribution in [0.2, 0.25) is 0 Å². The fourth-order valence-electron chi connectivity index (χ4n) is 1.93. The summed E-state index contributed by atoms with van der Waals surface area (Å²) in [6.45, 7) is 8.56. The van der Waals surface area contributed by atoms with E-state index in [0.29, 0.717) is 24.8 Å². The molecule has 17 heavy (non-hydrogen) atoms. The molecule has 0 aromatic rings. The first-order valence-electron chi connectivity index (χ1n) is 6.41. The predicted octanol–water partition coefficient (Wildman–Crippen LogP) is 2.38. The molecular weight excluding hydrogens is 218 g/mol. The van der Waals surface area contributed by atoms with E-state index in [2.05, 4.69) is 20.8 Å². The molecule has 4 heteroatoms. The van der Waals surface area contributed by atoms with Crippen molar-refractivity contribution in [3.05, 3.63) is 0 Å². The Bertz CT molecular complexity index is 251. The number of aliphatic carboxylic acids is 1. The molecule has 4 nitrogen and oxygen atoms in total. The Balaban J connectivity index is 4.44. The number of carboxylic acids is 1. The van der Waals surface area contributed by atoms with Crippen molar-refractivity contribution in [3.8, 4) is 0 Å². The number of carbonyl (C=O) groups excluding carboxylic acids is 1. The van der Waals surface area contributed by atoms with Gasteiger partial charge >= 0.3 is 5.97 Å². The van der Waals surface area contributed by atoms with Gasteiger partial charge in [0.1, 0.15) is 6.54 Å². The summed E-state index contributed by atoms with van der Waals surface area (Å²) in [6, 6.07) is 0. The zero-order valence-corrected chi connectivity index (χ0v) is 11.4. The van der Waals surface area contributed by atoms with Crippen LogP contribution in [0.1, 0.15) is 47.0 Å². The number of carbonyl (C=O) groups is 2. The predicted molar refractivity (Wildman–Crippen MR) is 67.7 cm³/mol. The zero-order chi connectivity index (χ0) is 13.4. The highest BCUT2D eigenvalue weighted by molar-refractivity contribution is 5.81. The van der Waals surface area contributed by atoms with Gasteiger partial charge < -0.3 is 10.0 Å². The molecular formula is C13H25NO3. The SMILES string of the molecule is CCCN(CC(=O)O)C(=O)CC(CC)C(C)C. The van der Waals surface area contributed by atoms with Crippen molar-refractivity contribution in [1.82, 2.24) is 4.90 Å². The molecule has 0 bridgehead atoms. The summed E-state index contributed by atoms with van der Waals surface area (Å²) in [5, 5.41) is 8.77. The molecule has 0 heterocycles. The average molecular weight is 243 g/mol. The molecule has 0 fully saturated rings. The summed E-state index contributed by atoms with van der Waals surface area (Å²) in [5.41, 5.74) is 0. The Morgan fingerprint density at radius 2 is 1.82 bits per heavy atom. The molecule has 0 rings (SSSR count). The maximum atomic E-state index is 12.0. The summed E-state index contributed by atoms with van der Waals surface area (Å²) < 4.78 is 0. The van der Waals surface area contributed by atoms with Crippen molar-refractivity contribution < 1.29 is 14.7 Å². The lowest BCUT2D eigenvalue weighted by Gasteiger charge is -2.24. The van der Waals surface area contributed by atoms with Gasteiger partial charge in [-0.1, -0.05) is 34.1 Å². The largest absolute Gasteiger partial charge is 0.480 e. The van der Waals surface area contributed by atoms with Gasteiger partial charge in [0.25, 0.3) is 0 Å². The van der Waals surface area contributed by atoms with Crippen LogP contribution in [-0.2, 0) is 9.59 Å². The van der Waals surface area contributed by atoms with Gasteiger partial charge in [0, 0.05) is 13.0 Å². The molecule has 100 valence electrons. The molecule has 0 saturated carbocycles. The van der Waals surface area contributed by atoms with Gasteiger partial charge in [-0.3, -0.25) is 9.59 Å². The molecule has 0 aromatic carbocycles. The third-order valence-electron chi connectivity index (χ3n) is 3.08. The van der Waals surface area contributed by atoms with E-state index >= 15 is 0 Å². The van der Waals surface area contributed by atoms with Crippen LogP contribution in [0.25, 0.3) is 0 Å². The van der Waals surface area contributed by atoms with Gasteiger partial charge in [-0.25, -0.2) is 0 Å². The molecule has 1 amide bonds. The Kier molecular flexibility index (Phi) is 7.59. The van der Waals surface area contributed by atoms with Crippen molar-refractivity contribution in [3.63, 3.8) is 0 Å². The highest BCUT2D eigenvalue weighted by Gasteiger charge is 2.21. The summed E-state index contributed by atoms with van der Waals surface area (Å²) in [6.07, 6.45) is 2.20. The normalized spacial score (nSPS) is 12.5. The molecule has 0 spiro atoms. The van der Waals surface area contributed by atoms with Gasteiger partial charge in [0.05, 0.1) is 0 Å². The van der Waals surface area contributed by atoms with E-state index in [-0.39, 0.29) is 12.5 Å². The van der Waals surface area contributed by atoms with E-state index < -0.39 is 5.97 Å². The lowest BCUT2D eigenvalue weighted by molar-refractivity contribution is -0.145. The van der Waals surface area contributed by atoms with Crippen molar-refractivity contribution >= 4 is 11.9 Å². The maximum absolute atomic E-state index is 12.0. The van der Waals surface area contributed by atoms with E-state index in [4.69, 9.17) is 5.11 Å². The number of carboxylic acid groups (broad SMARTS) is 1. The van der Waals surface area contributed by atoms with Crippen LogP contribution >= 0.6 is 0 Å². The van der Waals surface area contributed by atoms with Crippen LogP contribution in [0.5, 0.6) is 0 Å². The topological polar surface area (TPSA) is 57.6 Å². The minimum absolute atomic E-state index is 0.0326. The molecule has 1 N–H and O–H groups in total. The summed E-state index contributed by atoms with van der Waals surface area (Å²) in [4.78, 5) is 24.1. The fourth-order valence-corrected chi connectivity index (χ4v) is 1.93. The van der Waals surface area contributed by atoms with E-state index in [9.17, 15) is 9.59 Å². The zero-order valence-electron chi connectivity index (χ0n) is 11.4. The maximum Gasteiger partial charge on any atom is 0.323 e. The third kappa shape index (κ3) is 6.29. The number of amides is 1. The number of hydrogen-bond acceptors (Lipinski definition) is 2. The second kappa shape index (κ2) is 8.09. The minimum Gasteiger partial charge on any atom is -0.480 e. The second-order valence-electron chi connectivity index (χ2n) is 4.83. The van der Waals surface area contributed by atoms with Crippen LogP contribution in [-0.4, -0.2) is 35.0 Å². The van der Waals surface area contributed by atoms with Crippen molar-refractivity contribution in [1.29, 1.82) is 0 Å². The molecule has 0 aliphatic carbocycles. The molecule has 0 aliphatic heterocycles. The summed E-state index contributed by atoms with van der Waals surface area (Å²) in [5.74, 6) is -0.174. The number of nitrogens with zero attached hydrogens (tertiary/aromatic N) is 1. The molecule has 0 radical (unpaired) electrons. The Morgan fingerprint density at radius 1 is 1.24 bits per heavy atom. The molecule has 1 atom stereocenters. The van der Waals surface area contributed by atoms with Crippen LogP contribution in [0.15, 0.2) is 0 Å². The smallest absolute Gasteiger partial charge is 0.323 e. The number of hydrogen-bond donors (Lipinski definition) is 1.